The summed E-state index contributed by atoms with van der Waals surface area (Å²) < 4.78 is 0. The molecule has 0 aliphatic carbocycles. The molecule has 1 saturated heterocycles. The topological polar surface area (TPSA) is 35.8 Å². The maximum atomic E-state index is 9.83. The molecule has 0 aromatic rings. The zero-order valence-corrected chi connectivity index (χ0v) is 8.21. The Hall–Kier alpha value is -0.220. The first-order chi connectivity index (χ1) is 5.70. The van der Waals surface area contributed by atoms with Crippen molar-refractivity contribution >= 4 is 16.9 Å². The number of hydrogen-bond acceptors (Lipinski definition) is 4. The number of aliphatic imine (C=N–C) groups is 1. The van der Waals surface area contributed by atoms with Gasteiger partial charge in [0, 0.05) is 12.3 Å². The van der Waals surface area contributed by atoms with Gasteiger partial charge in [0.25, 0.3) is 0 Å². The van der Waals surface area contributed by atoms with Gasteiger partial charge in [-0.3, -0.25) is 4.99 Å². The number of fused-ring (bicyclic) bond motifs is 1. The maximum Gasteiger partial charge on any atom is 0.161 e. The van der Waals surface area contributed by atoms with Gasteiger partial charge in [-0.15, -0.1) is 0 Å². The molecule has 0 bridgehead atoms. The summed E-state index contributed by atoms with van der Waals surface area (Å²) in [4.78, 5) is 6.50. The van der Waals surface area contributed by atoms with Gasteiger partial charge in [-0.05, 0) is 5.92 Å². The fourth-order valence-corrected chi connectivity index (χ4v) is 2.67. The highest BCUT2D eigenvalue weighted by Crippen LogP contribution is 2.30. The van der Waals surface area contributed by atoms with Crippen molar-refractivity contribution in [2.75, 3.05) is 12.3 Å². The first kappa shape index (κ1) is 8.38. The number of amidine groups is 1. The SMILES string of the molecule is CC(C)C1N=C2SCCN2C1O. The standard InChI is InChI=1S/C8H14N2OS/c1-5(2)6-7(11)10-3-4-12-8(10)9-6/h5-7,11H,3-4H2,1-2H3. The number of thioether (sulfide) groups is 1. The molecular weight excluding hydrogens is 172 g/mol. The molecule has 2 heterocycles. The summed E-state index contributed by atoms with van der Waals surface area (Å²) in [6, 6.07) is 0.0906. The highest BCUT2D eigenvalue weighted by Gasteiger charge is 2.38. The van der Waals surface area contributed by atoms with Crippen molar-refractivity contribution in [3.63, 3.8) is 0 Å². The molecule has 0 aromatic heterocycles. The molecule has 0 spiro atoms. The molecule has 12 heavy (non-hydrogen) atoms. The summed E-state index contributed by atoms with van der Waals surface area (Å²) in [6.45, 7) is 5.16. The van der Waals surface area contributed by atoms with E-state index < -0.39 is 0 Å². The minimum atomic E-state index is -0.366. The van der Waals surface area contributed by atoms with Crippen LogP contribution in [0.5, 0.6) is 0 Å². The third-order valence-electron chi connectivity index (χ3n) is 2.38. The number of aliphatic hydroxyl groups excluding tert-OH is 1. The van der Waals surface area contributed by atoms with E-state index in [4.69, 9.17) is 0 Å². The highest BCUT2D eigenvalue weighted by molar-refractivity contribution is 8.14. The second-order valence-corrected chi connectivity index (χ2v) is 4.66. The number of rotatable bonds is 1. The Labute approximate surface area is 76.9 Å². The number of hydrogen-bond donors (Lipinski definition) is 1. The largest absolute Gasteiger partial charge is 0.371 e. The fourth-order valence-electron chi connectivity index (χ4n) is 1.64. The average Bonchev–Trinajstić information content (AvgIpc) is 2.53. The van der Waals surface area contributed by atoms with Gasteiger partial charge in [-0.2, -0.15) is 0 Å². The lowest BCUT2D eigenvalue weighted by atomic mass is 10.0. The predicted molar refractivity (Wildman–Crippen MR) is 51.2 cm³/mol. The Morgan fingerprint density at radius 1 is 1.67 bits per heavy atom. The van der Waals surface area contributed by atoms with E-state index in [-0.39, 0.29) is 12.3 Å². The van der Waals surface area contributed by atoms with Gasteiger partial charge in [0.15, 0.2) is 11.4 Å². The summed E-state index contributed by atoms with van der Waals surface area (Å²) in [5.41, 5.74) is 0. The van der Waals surface area contributed by atoms with E-state index >= 15 is 0 Å². The monoisotopic (exact) mass is 186 g/mol. The quantitative estimate of drug-likeness (QED) is 0.656. The van der Waals surface area contributed by atoms with E-state index in [1.54, 1.807) is 11.8 Å². The second kappa shape index (κ2) is 2.92. The first-order valence-electron chi connectivity index (χ1n) is 4.35. The maximum absolute atomic E-state index is 9.83. The van der Waals surface area contributed by atoms with Crippen LogP contribution in [0.3, 0.4) is 0 Å². The molecule has 2 atom stereocenters. The summed E-state index contributed by atoms with van der Waals surface area (Å²) in [6.07, 6.45) is -0.366. The highest BCUT2D eigenvalue weighted by atomic mass is 32.2. The van der Waals surface area contributed by atoms with Crippen molar-refractivity contribution < 1.29 is 5.11 Å². The van der Waals surface area contributed by atoms with Crippen molar-refractivity contribution in [3.05, 3.63) is 0 Å². The molecule has 2 rings (SSSR count). The molecule has 0 radical (unpaired) electrons. The Kier molecular flexibility index (Phi) is 2.04. The molecule has 0 aromatic carbocycles. The van der Waals surface area contributed by atoms with E-state index in [0.29, 0.717) is 5.92 Å². The van der Waals surface area contributed by atoms with Gasteiger partial charge in [0.1, 0.15) is 0 Å². The lowest BCUT2D eigenvalue weighted by Gasteiger charge is -2.22. The van der Waals surface area contributed by atoms with Crippen molar-refractivity contribution in [3.8, 4) is 0 Å². The van der Waals surface area contributed by atoms with Gasteiger partial charge in [0.2, 0.25) is 0 Å². The van der Waals surface area contributed by atoms with Crippen molar-refractivity contribution in [2.24, 2.45) is 10.9 Å². The zero-order chi connectivity index (χ0) is 8.72. The Balaban J connectivity index is 2.16. The minimum absolute atomic E-state index is 0.0906. The molecule has 4 heteroatoms. The lowest BCUT2D eigenvalue weighted by molar-refractivity contribution is 0.0413. The molecule has 3 nitrogen and oxygen atoms in total. The molecular formula is C8H14N2OS. The van der Waals surface area contributed by atoms with E-state index in [9.17, 15) is 5.11 Å². The van der Waals surface area contributed by atoms with Crippen LogP contribution in [0, 0.1) is 5.92 Å². The van der Waals surface area contributed by atoms with Crippen LogP contribution in [0.2, 0.25) is 0 Å². The minimum Gasteiger partial charge on any atom is -0.371 e. The van der Waals surface area contributed by atoms with Crippen LogP contribution < -0.4 is 0 Å². The van der Waals surface area contributed by atoms with E-state index in [0.717, 1.165) is 17.5 Å². The van der Waals surface area contributed by atoms with Crippen molar-refractivity contribution in [2.45, 2.75) is 26.1 Å². The van der Waals surface area contributed by atoms with Gasteiger partial charge in [-0.25, -0.2) is 0 Å². The summed E-state index contributed by atoms with van der Waals surface area (Å²) in [5, 5.41) is 10.9. The van der Waals surface area contributed by atoms with Crippen LogP contribution in [0.4, 0.5) is 0 Å². The normalized spacial score (nSPS) is 34.3. The smallest absolute Gasteiger partial charge is 0.161 e. The second-order valence-electron chi connectivity index (χ2n) is 3.60. The molecule has 2 aliphatic rings. The summed E-state index contributed by atoms with van der Waals surface area (Å²) >= 11 is 1.75. The van der Waals surface area contributed by atoms with Crippen LogP contribution in [0.1, 0.15) is 13.8 Å². The van der Waals surface area contributed by atoms with Gasteiger partial charge in [0.05, 0.1) is 6.04 Å². The van der Waals surface area contributed by atoms with E-state index in [1.807, 2.05) is 4.90 Å². The van der Waals surface area contributed by atoms with E-state index in [1.165, 1.54) is 0 Å². The first-order valence-corrected chi connectivity index (χ1v) is 5.34. The number of aliphatic hydroxyl groups is 1. The fraction of sp³-hybridized carbons (Fsp3) is 0.875. The predicted octanol–water partition coefficient (Wildman–Crippen LogP) is 0.748. The van der Waals surface area contributed by atoms with Crippen LogP contribution in [-0.4, -0.2) is 39.7 Å². The Morgan fingerprint density at radius 2 is 2.42 bits per heavy atom. The van der Waals surface area contributed by atoms with Crippen molar-refractivity contribution in [1.82, 2.24) is 4.90 Å². The van der Waals surface area contributed by atoms with E-state index in [2.05, 4.69) is 18.8 Å². The van der Waals surface area contributed by atoms with Crippen LogP contribution in [0.25, 0.3) is 0 Å². The molecule has 2 unspecified atom stereocenters. The third kappa shape index (κ3) is 1.13. The van der Waals surface area contributed by atoms with Crippen LogP contribution in [0.15, 0.2) is 4.99 Å². The molecule has 68 valence electrons. The summed E-state index contributed by atoms with van der Waals surface area (Å²) in [7, 11) is 0. The molecule has 2 aliphatic heterocycles. The molecule has 0 saturated carbocycles. The van der Waals surface area contributed by atoms with Crippen LogP contribution in [-0.2, 0) is 0 Å². The lowest BCUT2D eigenvalue weighted by Crippen LogP contribution is -2.38. The third-order valence-corrected chi connectivity index (χ3v) is 3.36. The van der Waals surface area contributed by atoms with Gasteiger partial charge < -0.3 is 10.0 Å². The van der Waals surface area contributed by atoms with Crippen molar-refractivity contribution in [1.29, 1.82) is 0 Å². The summed E-state index contributed by atoms with van der Waals surface area (Å²) in [5.74, 6) is 1.50. The molecule has 1 N–H and O–H groups in total. The Bertz CT molecular complexity index is 217. The molecule has 0 amide bonds. The molecule has 1 fully saturated rings. The van der Waals surface area contributed by atoms with Gasteiger partial charge in [-0.1, -0.05) is 25.6 Å². The average molecular weight is 186 g/mol. The number of nitrogens with zero attached hydrogens (tertiary/aromatic N) is 2. The zero-order valence-electron chi connectivity index (χ0n) is 7.40. The van der Waals surface area contributed by atoms with Crippen LogP contribution >= 0.6 is 11.8 Å². The van der Waals surface area contributed by atoms with Gasteiger partial charge >= 0.3 is 0 Å². The Morgan fingerprint density at radius 3 is 3.00 bits per heavy atom.